The van der Waals surface area contributed by atoms with Crippen molar-refractivity contribution in [3.05, 3.63) is 40.4 Å². The number of rotatable bonds is 5. The Morgan fingerprint density at radius 3 is 2.67 bits per heavy atom. The Morgan fingerprint density at radius 1 is 1.56 bits per heavy atom. The molecule has 0 amide bonds. The summed E-state index contributed by atoms with van der Waals surface area (Å²) < 4.78 is 5.79. The zero-order valence-corrected chi connectivity index (χ0v) is 11.8. The lowest BCUT2D eigenvalue weighted by Gasteiger charge is -2.22. The van der Waals surface area contributed by atoms with Crippen molar-refractivity contribution >= 4 is 21.9 Å². The molecule has 18 heavy (non-hydrogen) atoms. The van der Waals surface area contributed by atoms with E-state index in [4.69, 9.17) is 9.84 Å². The largest absolute Gasteiger partial charge is 0.496 e. The first-order chi connectivity index (χ1) is 8.45. The number of carboxylic acids is 1. The van der Waals surface area contributed by atoms with Crippen LogP contribution in [0.5, 0.6) is 5.75 Å². The summed E-state index contributed by atoms with van der Waals surface area (Å²) in [6.07, 6.45) is 2.90. The fraction of sp³-hybridized carbons (Fsp3) is 0.308. The number of carboxylic acid groups (broad SMARTS) is 1. The summed E-state index contributed by atoms with van der Waals surface area (Å²) in [6, 6.07) is 5.10. The summed E-state index contributed by atoms with van der Waals surface area (Å²) in [4.78, 5) is 11.4. The van der Waals surface area contributed by atoms with Gasteiger partial charge in [-0.25, -0.2) is 0 Å². The van der Waals surface area contributed by atoms with E-state index in [1.165, 1.54) is 12.2 Å². The Kier molecular flexibility index (Phi) is 4.93. The molecule has 1 atom stereocenters. The Hall–Kier alpha value is -1.33. The number of hydrogen-bond donors (Lipinski definition) is 2. The van der Waals surface area contributed by atoms with Gasteiger partial charge in [0, 0.05) is 0 Å². The van der Waals surface area contributed by atoms with Crippen LogP contribution in [0.2, 0.25) is 0 Å². The minimum absolute atomic E-state index is 0.194. The monoisotopic (exact) mass is 314 g/mol. The molecule has 0 aliphatic carbocycles. The molecule has 0 aromatic heterocycles. The van der Waals surface area contributed by atoms with E-state index in [1.54, 1.807) is 32.2 Å². The van der Waals surface area contributed by atoms with Crippen LogP contribution in [0, 0.1) is 0 Å². The van der Waals surface area contributed by atoms with Crippen LogP contribution in [0.4, 0.5) is 0 Å². The van der Waals surface area contributed by atoms with Crippen LogP contribution in [0.1, 0.15) is 12.5 Å². The van der Waals surface area contributed by atoms with Crippen LogP contribution in [0.3, 0.4) is 0 Å². The number of halogens is 1. The molecule has 0 fully saturated rings. The van der Waals surface area contributed by atoms with Gasteiger partial charge in [-0.3, -0.25) is 4.79 Å². The lowest BCUT2D eigenvalue weighted by atomic mass is 9.82. The van der Waals surface area contributed by atoms with E-state index in [0.29, 0.717) is 15.8 Å². The standard InChI is InChI=1S/C13H15BrO4/c1-13(12(16)17,6-3-7-15)9-4-5-11(18-2)10(14)8-9/h3-6,8,15H,7H2,1-2H3,(H,16,17)/b6-3+. The number of aliphatic hydroxyl groups is 1. The van der Waals surface area contributed by atoms with Crippen LogP contribution >= 0.6 is 15.9 Å². The third kappa shape index (κ3) is 2.91. The highest BCUT2D eigenvalue weighted by molar-refractivity contribution is 9.10. The van der Waals surface area contributed by atoms with E-state index in [1.807, 2.05) is 0 Å². The van der Waals surface area contributed by atoms with Crippen molar-refractivity contribution < 1.29 is 19.7 Å². The number of aliphatic hydroxyl groups excluding tert-OH is 1. The Morgan fingerprint density at radius 2 is 2.22 bits per heavy atom. The number of hydrogen-bond acceptors (Lipinski definition) is 3. The van der Waals surface area contributed by atoms with E-state index in [9.17, 15) is 9.90 Å². The molecule has 0 bridgehead atoms. The lowest BCUT2D eigenvalue weighted by molar-refractivity contribution is -0.141. The van der Waals surface area contributed by atoms with Crippen molar-refractivity contribution in [1.82, 2.24) is 0 Å². The smallest absolute Gasteiger partial charge is 0.317 e. The van der Waals surface area contributed by atoms with E-state index in [-0.39, 0.29) is 6.61 Å². The van der Waals surface area contributed by atoms with Gasteiger partial charge in [0.15, 0.2) is 0 Å². The quantitative estimate of drug-likeness (QED) is 0.819. The molecule has 2 N–H and O–H groups in total. The molecule has 0 spiro atoms. The molecule has 5 heteroatoms. The van der Waals surface area contributed by atoms with Crippen LogP contribution in [0.25, 0.3) is 0 Å². The van der Waals surface area contributed by atoms with Crippen molar-refractivity contribution in [3.8, 4) is 5.75 Å². The van der Waals surface area contributed by atoms with Crippen LogP contribution in [0.15, 0.2) is 34.8 Å². The van der Waals surface area contributed by atoms with Crippen LogP contribution in [-0.2, 0) is 10.2 Å². The van der Waals surface area contributed by atoms with Gasteiger partial charge in [-0.2, -0.15) is 0 Å². The minimum atomic E-state index is -1.18. The first-order valence-electron chi connectivity index (χ1n) is 5.31. The molecule has 1 rings (SSSR count). The molecule has 98 valence electrons. The highest BCUT2D eigenvalue weighted by Crippen LogP contribution is 2.32. The average Bonchev–Trinajstić information content (AvgIpc) is 2.35. The maximum atomic E-state index is 11.4. The Labute approximate surface area is 114 Å². The molecule has 0 saturated carbocycles. The molecule has 1 aromatic rings. The molecular weight excluding hydrogens is 300 g/mol. The molecule has 0 aliphatic heterocycles. The fourth-order valence-corrected chi connectivity index (χ4v) is 2.11. The van der Waals surface area contributed by atoms with Gasteiger partial charge in [0.25, 0.3) is 0 Å². The van der Waals surface area contributed by atoms with Crippen molar-refractivity contribution in [1.29, 1.82) is 0 Å². The SMILES string of the molecule is COc1ccc(C(C)(/C=C/CO)C(=O)O)cc1Br. The van der Waals surface area contributed by atoms with Gasteiger partial charge >= 0.3 is 5.97 Å². The summed E-state index contributed by atoms with van der Waals surface area (Å²) in [5, 5.41) is 18.1. The van der Waals surface area contributed by atoms with Gasteiger partial charge in [-0.1, -0.05) is 18.2 Å². The number of methoxy groups -OCH3 is 1. The normalized spacial score (nSPS) is 14.4. The van der Waals surface area contributed by atoms with Crippen molar-refractivity contribution in [3.63, 3.8) is 0 Å². The topological polar surface area (TPSA) is 66.8 Å². The molecule has 1 unspecified atom stereocenters. The average molecular weight is 315 g/mol. The highest BCUT2D eigenvalue weighted by Gasteiger charge is 2.32. The summed E-state index contributed by atoms with van der Waals surface area (Å²) in [6.45, 7) is 1.38. The number of carbonyl (C=O) groups is 1. The summed E-state index contributed by atoms with van der Waals surface area (Å²) >= 11 is 3.33. The second-order valence-corrected chi connectivity index (χ2v) is 4.80. The van der Waals surface area contributed by atoms with Crippen molar-refractivity contribution in [2.75, 3.05) is 13.7 Å². The summed E-state index contributed by atoms with van der Waals surface area (Å²) in [5.74, 6) is -0.345. The van der Waals surface area contributed by atoms with Crippen LogP contribution < -0.4 is 4.74 Å². The zero-order chi connectivity index (χ0) is 13.8. The first-order valence-corrected chi connectivity index (χ1v) is 6.11. The minimum Gasteiger partial charge on any atom is -0.496 e. The molecule has 4 nitrogen and oxygen atoms in total. The van der Waals surface area contributed by atoms with E-state index in [2.05, 4.69) is 15.9 Å². The highest BCUT2D eigenvalue weighted by atomic mass is 79.9. The number of ether oxygens (including phenoxy) is 1. The third-order valence-corrected chi connectivity index (χ3v) is 3.37. The molecular formula is C13H15BrO4. The van der Waals surface area contributed by atoms with Gasteiger partial charge in [0.1, 0.15) is 11.2 Å². The number of benzene rings is 1. The third-order valence-electron chi connectivity index (χ3n) is 2.75. The maximum Gasteiger partial charge on any atom is 0.317 e. The van der Waals surface area contributed by atoms with Crippen molar-refractivity contribution in [2.24, 2.45) is 0 Å². The van der Waals surface area contributed by atoms with Gasteiger partial charge in [0.2, 0.25) is 0 Å². The molecule has 0 saturated heterocycles. The van der Waals surface area contributed by atoms with Gasteiger partial charge < -0.3 is 14.9 Å². The predicted octanol–water partition coefficient (Wildman–Crippen LogP) is 2.35. The first kappa shape index (κ1) is 14.7. The zero-order valence-electron chi connectivity index (χ0n) is 10.2. The van der Waals surface area contributed by atoms with Crippen molar-refractivity contribution in [2.45, 2.75) is 12.3 Å². The second kappa shape index (κ2) is 6.02. The lowest BCUT2D eigenvalue weighted by Crippen LogP contribution is -2.30. The summed E-state index contributed by atoms with van der Waals surface area (Å²) in [7, 11) is 1.54. The molecule has 1 aromatic carbocycles. The number of aliphatic carboxylic acids is 1. The predicted molar refractivity (Wildman–Crippen MR) is 71.9 cm³/mol. The van der Waals surface area contributed by atoms with E-state index in [0.717, 1.165) is 0 Å². The van der Waals surface area contributed by atoms with E-state index >= 15 is 0 Å². The fourth-order valence-electron chi connectivity index (χ4n) is 1.57. The molecule has 0 aliphatic rings. The second-order valence-electron chi connectivity index (χ2n) is 3.94. The maximum absolute atomic E-state index is 11.4. The molecule has 0 radical (unpaired) electrons. The van der Waals surface area contributed by atoms with Gasteiger partial charge in [-0.15, -0.1) is 0 Å². The summed E-state index contributed by atoms with van der Waals surface area (Å²) in [5.41, 5.74) is -0.579. The Balaban J connectivity index is 3.26. The Bertz CT molecular complexity index is 470. The van der Waals surface area contributed by atoms with E-state index < -0.39 is 11.4 Å². The molecule has 0 heterocycles. The van der Waals surface area contributed by atoms with Gasteiger partial charge in [-0.05, 0) is 40.5 Å². The van der Waals surface area contributed by atoms with Gasteiger partial charge in [0.05, 0.1) is 18.2 Å². The van der Waals surface area contributed by atoms with Crippen LogP contribution in [-0.4, -0.2) is 29.9 Å².